The number of para-hydroxylation sites is 1. The van der Waals surface area contributed by atoms with Crippen molar-refractivity contribution in [3.05, 3.63) is 66.0 Å². The number of hydrogen-bond acceptors (Lipinski definition) is 8. The minimum absolute atomic E-state index is 0.00803. The van der Waals surface area contributed by atoms with Gasteiger partial charge in [0, 0.05) is 17.5 Å². The lowest BCUT2D eigenvalue weighted by atomic mass is 10.1. The summed E-state index contributed by atoms with van der Waals surface area (Å²) in [5.74, 6) is 4.77. The van der Waals surface area contributed by atoms with Gasteiger partial charge in [-0.05, 0) is 65.8 Å². The molecule has 1 N–H and O–H groups in total. The molecule has 0 fully saturated rings. The van der Waals surface area contributed by atoms with Crippen LogP contribution in [0.25, 0.3) is 21.9 Å². The first kappa shape index (κ1) is 31.0. The van der Waals surface area contributed by atoms with Gasteiger partial charge in [0.1, 0.15) is 23.3 Å². The monoisotopic (exact) mass is 586 g/mol. The summed E-state index contributed by atoms with van der Waals surface area (Å²) in [5.41, 5.74) is 0.483. The number of hydrogen-bond donors (Lipinski definition) is 1. The van der Waals surface area contributed by atoms with E-state index >= 15 is 0 Å². The van der Waals surface area contributed by atoms with E-state index in [0.717, 1.165) is 10.3 Å². The van der Waals surface area contributed by atoms with Crippen LogP contribution in [-0.2, 0) is 20.8 Å². The molecule has 2 heterocycles. The van der Waals surface area contributed by atoms with Gasteiger partial charge >= 0.3 is 18.2 Å². The van der Waals surface area contributed by atoms with Crippen molar-refractivity contribution < 1.29 is 33.7 Å². The molecule has 2 amide bonds. The zero-order chi connectivity index (χ0) is 31.4. The standard InChI is InChI=1S/C32H34N4O7/c1-31(2,3)42-29(39)36(30(40)43-32(4,5)6)27-25-26(23-14-7-8-15-24(23)34-27)35(20-33-25)16-18-41-17-10-12-21-11-9-13-22(19-21)28(37)38/h7-9,11,13-15,19-20H,16-18H2,1-6H3,(H,37,38). The van der Waals surface area contributed by atoms with E-state index in [4.69, 9.17) is 19.3 Å². The molecular weight excluding hydrogens is 552 g/mol. The number of rotatable bonds is 6. The number of imidazole rings is 1. The maximum absolute atomic E-state index is 13.4. The van der Waals surface area contributed by atoms with Gasteiger partial charge in [-0.2, -0.15) is 4.90 Å². The number of carboxylic acids is 1. The highest BCUT2D eigenvalue weighted by atomic mass is 16.6. The summed E-state index contributed by atoms with van der Waals surface area (Å²) in [6.45, 7) is 11.0. The fourth-order valence-electron chi connectivity index (χ4n) is 4.11. The van der Waals surface area contributed by atoms with Gasteiger partial charge in [-0.25, -0.2) is 24.4 Å². The van der Waals surface area contributed by atoms with Crippen molar-refractivity contribution >= 4 is 45.9 Å². The van der Waals surface area contributed by atoms with Gasteiger partial charge in [0.05, 0.1) is 29.5 Å². The van der Waals surface area contributed by atoms with Crippen LogP contribution in [0.1, 0.15) is 57.5 Å². The van der Waals surface area contributed by atoms with Crippen LogP contribution in [0.4, 0.5) is 15.4 Å². The van der Waals surface area contributed by atoms with E-state index < -0.39 is 29.4 Å². The summed E-state index contributed by atoms with van der Waals surface area (Å²) in [7, 11) is 0. The van der Waals surface area contributed by atoms with Crippen molar-refractivity contribution in [3.8, 4) is 11.8 Å². The van der Waals surface area contributed by atoms with Gasteiger partial charge in [-0.3, -0.25) is 0 Å². The number of fused-ring (bicyclic) bond motifs is 3. The number of imide groups is 1. The van der Waals surface area contributed by atoms with Gasteiger partial charge in [0.15, 0.2) is 5.82 Å². The van der Waals surface area contributed by atoms with Crippen LogP contribution in [0.15, 0.2) is 54.9 Å². The number of pyridine rings is 1. The lowest BCUT2D eigenvalue weighted by Gasteiger charge is -2.28. The zero-order valence-electron chi connectivity index (χ0n) is 25.0. The second-order valence-corrected chi connectivity index (χ2v) is 11.6. The summed E-state index contributed by atoms with van der Waals surface area (Å²) in [6, 6.07) is 13.7. The Morgan fingerprint density at radius 1 is 0.953 bits per heavy atom. The third-order valence-corrected chi connectivity index (χ3v) is 5.79. The Kier molecular flexibility index (Phi) is 9.01. The van der Waals surface area contributed by atoms with Gasteiger partial charge in [0.25, 0.3) is 0 Å². The van der Waals surface area contributed by atoms with Crippen LogP contribution in [0.5, 0.6) is 0 Å². The Hall–Kier alpha value is -4.95. The quantitative estimate of drug-likeness (QED) is 0.212. The molecule has 0 aliphatic rings. The summed E-state index contributed by atoms with van der Waals surface area (Å²) < 4.78 is 18.7. The molecule has 11 nitrogen and oxygen atoms in total. The maximum atomic E-state index is 13.4. The van der Waals surface area contributed by atoms with Gasteiger partial charge in [-0.1, -0.05) is 36.1 Å². The molecule has 2 aromatic heterocycles. The van der Waals surface area contributed by atoms with Crippen molar-refractivity contribution in [1.82, 2.24) is 14.5 Å². The lowest BCUT2D eigenvalue weighted by molar-refractivity contribution is 0.0428. The number of benzene rings is 2. The normalized spacial score (nSPS) is 11.6. The minimum Gasteiger partial charge on any atom is -0.478 e. The Labute approximate surface area is 249 Å². The molecule has 11 heteroatoms. The first-order valence-electron chi connectivity index (χ1n) is 13.6. The van der Waals surface area contributed by atoms with Crippen molar-refractivity contribution in [2.24, 2.45) is 0 Å². The lowest BCUT2D eigenvalue weighted by Crippen LogP contribution is -2.44. The molecule has 224 valence electrons. The summed E-state index contributed by atoms with van der Waals surface area (Å²) >= 11 is 0. The average Bonchev–Trinajstić information content (AvgIpc) is 3.33. The van der Waals surface area contributed by atoms with Gasteiger partial charge in [-0.15, -0.1) is 0 Å². The van der Waals surface area contributed by atoms with Gasteiger partial charge in [0.2, 0.25) is 0 Å². The van der Waals surface area contributed by atoms with Crippen molar-refractivity contribution in [2.75, 3.05) is 18.1 Å². The van der Waals surface area contributed by atoms with E-state index in [1.54, 1.807) is 66.1 Å². The number of carbonyl (C=O) groups is 3. The van der Waals surface area contributed by atoms with Crippen molar-refractivity contribution in [1.29, 1.82) is 0 Å². The highest BCUT2D eigenvalue weighted by Crippen LogP contribution is 2.32. The van der Waals surface area contributed by atoms with Crippen molar-refractivity contribution in [2.45, 2.75) is 59.3 Å². The number of ether oxygens (including phenoxy) is 3. The molecule has 0 aliphatic carbocycles. The van der Waals surface area contributed by atoms with Crippen LogP contribution in [0, 0.1) is 11.8 Å². The summed E-state index contributed by atoms with van der Waals surface area (Å²) in [5, 5.41) is 9.91. The third-order valence-electron chi connectivity index (χ3n) is 5.79. The topological polar surface area (TPSA) is 133 Å². The van der Waals surface area contributed by atoms with Crippen LogP contribution in [0.3, 0.4) is 0 Å². The predicted molar refractivity (Wildman–Crippen MR) is 161 cm³/mol. The second-order valence-electron chi connectivity index (χ2n) is 11.6. The average molecular weight is 587 g/mol. The molecule has 0 radical (unpaired) electrons. The van der Waals surface area contributed by atoms with E-state index in [2.05, 4.69) is 21.8 Å². The van der Waals surface area contributed by atoms with Crippen LogP contribution in [-0.4, -0.2) is 62.2 Å². The van der Waals surface area contributed by atoms with E-state index in [9.17, 15) is 14.4 Å². The molecule has 0 spiro atoms. The molecule has 4 rings (SSSR count). The number of carboxylic acid groups (broad SMARTS) is 1. The molecule has 0 atom stereocenters. The number of aromatic nitrogens is 3. The Morgan fingerprint density at radius 3 is 2.28 bits per heavy atom. The van der Waals surface area contributed by atoms with Crippen LogP contribution < -0.4 is 4.90 Å². The SMILES string of the molecule is CC(C)(C)OC(=O)N(C(=O)OC(C)(C)C)c1nc2ccccc2c2c1ncn2CCOCC#Cc1cccc(C(=O)O)c1. The number of nitrogens with zero attached hydrogens (tertiary/aromatic N) is 4. The molecule has 43 heavy (non-hydrogen) atoms. The van der Waals surface area contributed by atoms with E-state index in [1.165, 1.54) is 12.1 Å². The number of anilines is 1. The fourth-order valence-corrected chi connectivity index (χ4v) is 4.11. The molecule has 0 saturated carbocycles. The largest absolute Gasteiger partial charge is 0.478 e. The molecular formula is C32H34N4O7. The highest BCUT2D eigenvalue weighted by molar-refractivity contribution is 6.16. The van der Waals surface area contributed by atoms with Crippen molar-refractivity contribution in [3.63, 3.8) is 0 Å². The number of aromatic carboxylic acids is 1. The van der Waals surface area contributed by atoms with E-state index in [0.29, 0.717) is 28.7 Å². The molecule has 0 saturated heterocycles. The van der Waals surface area contributed by atoms with Crippen LogP contribution in [0.2, 0.25) is 0 Å². The smallest absolute Gasteiger partial charge is 0.425 e. The summed E-state index contributed by atoms with van der Waals surface area (Å²) in [6.07, 6.45) is -0.274. The third kappa shape index (κ3) is 7.87. The fraction of sp³-hybridized carbons (Fsp3) is 0.344. The molecule has 0 bridgehead atoms. The number of amides is 2. The first-order chi connectivity index (χ1) is 20.2. The molecule has 2 aromatic carbocycles. The predicted octanol–water partition coefficient (Wildman–Crippen LogP) is 6.03. The van der Waals surface area contributed by atoms with E-state index in [1.807, 2.05) is 22.8 Å². The molecule has 0 aliphatic heterocycles. The maximum Gasteiger partial charge on any atom is 0.425 e. The number of carbonyl (C=O) groups excluding carboxylic acids is 2. The second kappa shape index (κ2) is 12.5. The molecule has 4 aromatic rings. The molecule has 0 unspecified atom stereocenters. The highest BCUT2D eigenvalue weighted by Gasteiger charge is 2.36. The zero-order valence-corrected chi connectivity index (χ0v) is 25.0. The Morgan fingerprint density at radius 2 is 1.63 bits per heavy atom. The first-order valence-corrected chi connectivity index (χ1v) is 13.6. The Bertz CT molecular complexity index is 1710. The minimum atomic E-state index is -1.02. The van der Waals surface area contributed by atoms with Gasteiger partial charge < -0.3 is 23.9 Å². The summed E-state index contributed by atoms with van der Waals surface area (Å²) in [4.78, 5) is 47.9. The van der Waals surface area contributed by atoms with Crippen LogP contribution >= 0.6 is 0 Å². The Balaban J connectivity index is 1.63. The van der Waals surface area contributed by atoms with E-state index in [-0.39, 0.29) is 24.6 Å².